The Kier molecular flexibility index (Phi) is 4.30. The van der Waals surface area contributed by atoms with Crippen molar-refractivity contribution in [1.29, 1.82) is 0 Å². The highest BCUT2D eigenvalue weighted by molar-refractivity contribution is 5.30. The molecule has 2 aromatic heterocycles. The SMILES string of the molecule is COc1ncccc1COc1ccc(C)nc1CO. The zero-order valence-electron chi connectivity index (χ0n) is 11.0. The Morgan fingerprint density at radius 2 is 2.11 bits per heavy atom. The predicted molar refractivity (Wildman–Crippen MR) is 70.0 cm³/mol. The third-order valence-electron chi connectivity index (χ3n) is 2.65. The summed E-state index contributed by atoms with van der Waals surface area (Å²) < 4.78 is 10.8. The van der Waals surface area contributed by atoms with Crippen molar-refractivity contribution in [3.8, 4) is 11.6 Å². The van der Waals surface area contributed by atoms with E-state index in [-0.39, 0.29) is 6.61 Å². The molecule has 0 aliphatic carbocycles. The molecule has 0 amide bonds. The number of hydrogen-bond acceptors (Lipinski definition) is 5. The molecule has 2 rings (SSSR count). The fourth-order valence-electron chi connectivity index (χ4n) is 1.72. The third-order valence-corrected chi connectivity index (χ3v) is 2.65. The van der Waals surface area contributed by atoms with Gasteiger partial charge in [0.25, 0.3) is 0 Å². The van der Waals surface area contributed by atoms with Gasteiger partial charge in [-0.15, -0.1) is 0 Å². The first kappa shape index (κ1) is 13.3. The average molecular weight is 260 g/mol. The zero-order valence-corrected chi connectivity index (χ0v) is 11.0. The van der Waals surface area contributed by atoms with Gasteiger partial charge in [0.05, 0.1) is 19.3 Å². The van der Waals surface area contributed by atoms with E-state index >= 15 is 0 Å². The Morgan fingerprint density at radius 1 is 1.26 bits per heavy atom. The number of ether oxygens (including phenoxy) is 2. The van der Waals surface area contributed by atoms with Crippen LogP contribution in [0, 0.1) is 6.92 Å². The molecule has 19 heavy (non-hydrogen) atoms. The number of rotatable bonds is 5. The van der Waals surface area contributed by atoms with E-state index in [2.05, 4.69) is 9.97 Å². The minimum Gasteiger partial charge on any atom is -0.487 e. The minimum absolute atomic E-state index is 0.152. The lowest BCUT2D eigenvalue weighted by Crippen LogP contribution is -2.03. The second-order valence-electron chi connectivity index (χ2n) is 4.02. The van der Waals surface area contributed by atoms with Crippen molar-refractivity contribution < 1.29 is 14.6 Å². The predicted octanol–water partition coefficient (Wildman–Crippen LogP) is 1.86. The van der Waals surface area contributed by atoms with Gasteiger partial charge in [-0.1, -0.05) is 0 Å². The Bertz CT molecular complexity index is 558. The van der Waals surface area contributed by atoms with Crippen LogP contribution in [-0.4, -0.2) is 22.2 Å². The van der Waals surface area contributed by atoms with Gasteiger partial charge in [-0.05, 0) is 31.2 Å². The Balaban J connectivity index is 2.14. The van der Waals surface area contributed by atoms with Crippen LogP contribution in [0.5, 0.6) is 11.6 Å². The van der Waals surface area contributed by atoms with E-state index in [1.54, 1.807) is 19.4 Å². The molecule has 0 saturated heterocycles. The van der Waals surface area contributed by atoms with Gasteiger partial charge < -0.3 is 14.6 Å². The Morgan fingerprint density at radius 3 is 2.84 bits per heavy atom. The molecule has 1 N–H and O–H groups in total. The highest BCUT2D eigenvalue weighted by Crippen LogP contribution is 2.21. The first-order valence-electron chi connectivity index (χ1n) is 5.92. The van der Waals surface area contributed by atoms with Crippen molar-refractivity contribution >= 4 is 0 Å². The molecule has 5 heteroatoms. The topological polar surface area (TPSA) is 64.5 Å². The molecule has 0 aliphatic rings. The van der Waals surface area contributed by atoms with E-state index in [0.29, 0.717) is 23.9 Å². The summed E-state index contributed by atoms with van der Waals surface area (Å²) >= 11 is 0. The summed E-state index contributed by atoms with van der Waals surface area (Å²) in [6.07, 6.45) is 1.66. The van der Waals surface area contributed by atoms with Gasteiger partial charge in [-0.3, -0.25) is 4.98 Å². The Labute approximate surface area is 111 Å². The molecule has 100 valence electrons. The molecule has 0 saturated carbocycles. The largest absolute Gasteiger partial charge is 0.487 e. The molecule has 0 spiro atoms. The van der Waals surface area contributed by atoms with Gasteiger partial charge in [0.1, 0.15) is 18.1 Å². The monoisotopic (exact) mass is 260 g/mol. The van der Waals surface area contributed by atoms with Crippen LogP contribution in [0.4, 0.5) is 0 Å². The number of methoxy groups -OCH3 is 1. The molecule has 0 bridgehead atoms. The molecule has 2 aromatic rings. The zero-order chi connectivity index (χ0) is 13.7. The van der Waals surface area contributed by atoms with Gasteiger partial charge >= 0.3 is 0 Å². The maximum absolute atomic E-state index is 9.26. The quantitative estimate of drug-likeness (QED) is 0.889. The van der Waals surface area contributed by atoms with Gasteiger partial charge in [0, 0.05) is 11.9 Å². The van der Waals surface area contributed by atoms with Crippen LogP contribution in [0.25, 0.3) is 0 Å². The van der Waals surface area contributed by atoms with Crippen molar-refractivity contribution in [2.75, 3.05) is 7.11 Å². The first-order valence-corrected chi connectivity index (χ1v) is 5.92. The molecular formula is C14H16N2O3. The smallest absolute Gasteiger partial charge is 0.219 e. The van der Waals surface area contributed by atoms with Crippen LogP contribution in [-0.2, 0) is 13.2 Å². The number of hydrogen-bond donors (Lipinski definition) is 1. The van der Waals surface area contributed by atoms with Crippen molar-refractivity contribution in [2.45, 2.75) is 20.1 Å². The molecule has 2 heterocycles. The molecule has 0 aliphatic heterocycles. The number of aryl methyl sites for hydroxylation is 1. The molecule has 0 fully saturated rings. The summed E-state index contributed by atoms with van der Waals surface area (Å²) in [7, 11) is 1.57. The van der Waals surface area contributed by atoms with Crippen molar-refractivity contribution in [3.63, 3.8) is 0 Å². The Hall–Kier alpha value is -2.14. The van der Waals surface area contributed by atoms with Crippen LogP contribution in [0.3, 0.4) is 0 Å². The summed E-state index contributed by atoms with van der Waals surface area (Å²) in [6.45, 7) is 2.03. The van der Waals surface area contributed by atoms with Crippen LogP contribution in [0.15, 0.2) is 30.5 Å². The fourth-order valence-corrected chi connectivity index (χ4v) is 1.72. The fraction of sp³-hybridized carbons (Fsp3) is 0.286. The van der Waals surface area contributed by atoms with Gasteiger partial charge in [-0.25, -0.2) is 4.98 Å². The summed E-state index contributed by atoms with van der Waals surface area (Å²) in [6, 6.07) is 7.35. The third kappa shape index (κ3) is 3.20. The first-order chi connectivity index (χ1) is 9.24. The van der Waals surface area contributed by atoms with E-state index in [0.717, 1.165) is 11.3 Å². The highest BCUT2D eigenvalue weighted by Gasteiger charge is 2.08. The molecule has 5 nitrogen and oxygen atoms in total. The van der Waals surface area contributed by atoms with Gasteiger partial charge in [0.2, 0.25) is 5.88 Å². The molecule has 0 radical (unpaired) electrons. The second-order valence-corrected chi connectivity index (χ2v) is 4.02. The lowest BCUT2D eigenvalue weighted by atomic mass is 10.2. The van der Waals surface area contributed by atoms with Crippen LogP contribution < -0.4 is 9.47 Å². The summed E-state index contributed by atoms with van der Waals surface area (Å²) in [4.78, 5) is 8.32. The lowest BCUT2D eigenvalue weighted by molar-refractivity contribution is 0.250. The average Bonchev–Trinajstić information content (AvgIpc) is 2.46. The number of aliphatic hydroxyl groups excluding tert-OH is 1. The van der Waals surface area contributed by atoms with Crippen LogP contribution >= 0.6 is 0 Å². The lowest BCUT2D eigenvalue weighted by Gasteiger charge is -2.11. The minimum atomic E-state index is -0.152. The maximum Gasteiger partial charge on any atom is 0.219 e. The van der Waals surface area contributed by atoms with Gasteiger partial charge in [0.15, 0.2) is 0 Å². The number of pyridine rings is 2. The van der Waals surface area contributed by atoms with Crippen molar-refractivity contribution in [2.24, 2.45) is 0 Å². The molecule has 0 aromatic carbocycles. The van der Waals surface area contributed by atoms with Crippen molar-refractivity contribution in [3.05, 3.63) is 47.4 Å². The van der Waals surface area contributed by atoms with Crippen LogP contribution in [0.1, 0.15) is 17.0 Å². The highest BCUT2D eigenvalue weighted by atomic mass is 16.5. The number of nitrogens with zero attached hydrogens (tertiary/aromatic N) is 2. The maximum atomic E-state index is 9.26. The van der Waals surface area contributed by atoms with E-state index in [4.69, 9.17) is 9.47 Å². The van der Waals surface area contributed by atoms with Gasteiger partial charge in [-0.2, -0.15) is 0 Å². The summed E-state index contributed by atoms with van der Waals surface area (Å²) in [5.74, 6) is 1.10. The van der Waals surface area contributed by atoms with E-state index < -0.39 is 0 Å². The summed E-state index contributed by atoms with van der Waals surface area (Å²) in [5, 5.41) is 9.26. The van der Waals surface area contributed by atoms with Crippen molar-refractivity contribution in [1.82, 2.24) is 9.97 Å². The van der Waals surface area contributed by atoms with E-state index in [1.807, 2.05) is 25.1 Å². The van der Waals surface area contributed by atoms with Crippen LogP contribution in [0.2, 0.25) is 0 Å². The molecular weight excluding hydrogens is 244 g/mol. The molecule has 0 atom stereocenters. The summed E-state index contributed by atoms with van der Waals surface area (Å²) in [5.41, 5.74) is 2.22. The standard InChI is InChI=1S/C14H16N2O3/c1-10-5-6-13(12(8-17)16-10)19-9-11-4-3-7-15-14(11)18-2/h3-7,17H,8-9H2,1-2H3. The number of aromatic nitrogens is 2. The normalized spacial score (nSPS) is 10.3. The molecule has 0 unspecified atom stereocenters. The number of aliphatic hydroxyl groups is 1. The van der Waals surface area contributed by atoms with E-state index in [9.17, 15) is 5.11 Å². The second kappa shape index (κ2) is 6.15. The van der Waals surface area contributed by atoms with E-state index in [1.165, 1.54) is 0 Å².